The van der Waals surface area contributed by atoms with Gasteiger partial charge < -0.3 is 4.74 Å². The predicted octanol–water partition coefficient (Wildman–Crippen LogP) is 2.99. The molecule has 7 heteroatoms. The SMILES string of the molecule is CCOC(=O)c1c(C(F)F)cc(F)nc1Cl. The lowest BCUT2D eigenvalue weighted by Crippen LogP contribution is -2.11. The standard InChI is InChI=1S/C9H7ClF3NO2/c1-2-16-9(15)6-4(8(12)13)3-5(11)14-7(6)10/h3,8H,2H2,1H3. The highest BCUT2D eigenvalue weighted by Gasteiger charge is 2.24. The number of halogens is 4. The molecule has 0 fully saturated rings. The number of carbonyl (C=O) groups is 1. The van der Waals surface area contributed by atoms with Gasteiger partial charge in [-0.05, 0) is 6.92 Å². The Kier molecular flexibility index (Phi) is 4.12. The molecule has 1 aromatic rings. The molecule has 0 aromatic carbocycles. The van der Waals surface area contributed by atoms with Crippen LogP contribution in [0.2, 0.25) is 5.15 Å². The lowest BCUT2D eigenvalue weighted by molar-refractivity contribution is 0.0515. The second-order valence-electron chi connectivity index (χ2n) is 2.72. The van der Waals surface area contributed by atoms with Crippen molar-refractivity contribution in [2.45, 2.75) is 13.3 Å². The van der Waals surface area contributed by atoms with E-state index in [0.29, 0.717) is 6.07 Å². The normalized spacial score (nSPS) is 10.6. The summed E-state index contributed by atoms with van der Waals surface area (Å²) in [5.74, 6) is -2.22. The molecule has 0 bridgehead atoms. The van der Waals surface area contributed by atoms with Crippen LogP contribution in [-0.4, -0.2) is 17.6 Å². The zero-order valence-corrected chi connectivity index (χ0v) is 8.89. The van der Waals surface area contributed by atoms with E-state index in [4.69, 9.17) is 11.6 Å². The van der Waals surface area contributed by atoms with E-state index >= 15 is 0 Å². The molecule has 1 heterocycles. The summed E-state index contributed by atoms with van der Waals surface area (Å²) in [5.41, 5.74) is -1.42. The fourth-order valence-corrected chi connectivity index (χ4v) is 1.35. The van der Waals surface area contributed by atoms with Crippen molar-refractivity contribution in [2.24, 2.45) is 0 Å². The number of alkyl halides is 2. The maximum Gasteiger partial charge on any atom is 0.341 e. The Morgan fingerprint density at radius 3 is 2.75 bits per heavy atom. The molecule has 0 radical (unpaired) electrons. The molecular formula is C9H7ClF3NO2. The Morgan fingerprint density at radius 1 is 1.62 bits per heavy atom. The zero-order chi connectivity index (χ0) is 12.3. The van der Waals surface area contributed by atoms with Gasteiger partial charge in [0.05, 0.1) is 6.61 Å². The quantitative estimate of drug-likeness (QED) is 0.614. The third-order valence-corrected chi connectivity index (χ3v) is 1.96. The maximum absolute atomic E-state index is 12.7. The van der Waals surface area contributed by atoms with Gasteiger partial charge in [-0.15, -0.1) is 0 Å². The second-order valence-corrected chi connectivity index (χ2v) is 3.08. The van der Waals surface area contributed by atoms with Gasteiger partial charge in [-0.2, -0.15) is 4.39 Å². The summed E-state index contributed by atoms with van der Waals surface area (Å²) in [6, 6.07) is 0.461. The van der Waals surface area contributed by atoms with Crippen molar-refractivity contribution >= 4 is 17.6 Å². The minimum absolute atomic E-state index is 0.00475. The number of nitrogens with zero attached hydrogens (tertiary/aromatic N) is 1. The average molecular weight is 254 g/mol. The first-order valence-electron chi connectivity index (χ1n) is 4.28. The van der Waals surface area contributed by atoms with Crippen molar-refractivity contribution in [1.82, 2.24) is 4.98 Å². The number of ether oxygens (including phenoxy) is 1. The van der Waals surface area contributed by atoms with Crippen LogP contribution in [0.4, 0.5) is 13.2 Å². The van der Waals surface area contributed by atoms with Gasteiger partial charge >= 0.3 is 5.97 Å². The van der Waals surface area contributed by atoms with Crippen molar-refractivity contribution in [3.05, 3.63) is 28.3 Å². The molecule has 0 aliphatic rings. The predicted molar refractivity (Wildman–Crippen MR) is 50.1 cm³/mol. The molecule has 0 saturated heterocycles. The highest BCUT2D eigenvalue weighted by molar-refractivity contribution is 6.32. The van der Waals surface area contributed by atoms with Crippen LogP contribution in [0.3, 0.4) is 0 Å². The Labute approximate surface area is 94.2 Å². The Balaban J connectivity index is 3.29. The van der Waals surface area contributed by atoms with E-state index in [1.807, 2.05) is 0 Å². The number of rotatable bonds is 3. The van der Waals surface area contributed by atoms with Crippen LogP contribution in [0.5, 0.6) is 0 Å². The number of hydrogen-bond donors (Lipinski definition) is 0. The first kappa shape index (κ1) is 12.8. The lowest BCUT2D eigenvalue weighted by Gasteiger charge is -2.09. The monoisotopic (exact) mass is 253 g/mol. The van der Waals surface area contributed by atoms with Gasteiger partial charge in [-0.3, -0.25) is 0 Å². The van der Waals surface area contributed by atoms with E-state index in [1.54, 1.807) is 0 Å². The number of carbonyl (C=O) groups excluding carboxylic acids is 1. The molecule has 1 rings (SSSR count). The minimum atomic E-state index is -3.03. The maximum atomic E-state index is 12.7. The van der Waals surface area contributed by atoms with E-state index in [0.717, 1.165) is 0 Å². The topological polar surface area (TPSA) is 39.2 Å². The molecule has 1 aromatic heterocycles. The minimum Gasteiger partial charge on any atom is -0.462 e. The van der Waals surface area contributed by atoms with E-state index < -0.39 is 34.6 Å². The third-order valence-electron chi connectivity index (χ3n) is 1.69. The summed E-state index contributed by atoms with van der Waals surface area (Å²) in [5, 5.41) is -0.631. The van der Waals surface area contributed by atoms with Gasteiger partial charge in [-0.25, -0.2) is 18.6 Å². The number of esters is 1. The summed E-state index contributed by atoms with van der Waals surface area (Å²) in [6.45, 7) is 1.50. The molecule has 3 nitrogen and oxygen atoms in total. The van der Waals surface area contributed by atoms with Gasteiger partial charge in [0.25, 0.3) is 6.43 Å². The summed E-state index contributed by atoms with van der Waals surface area (Å²) in [6.07, 6.45) is -3.03. The van der Waals surface area contributed by atoms with Gasteiger partial charge in [0.15, 0.2) is 0 Å². The van der Waals surface area contributed by atoms with Crippen molar-refractivity contribution in [1.29, 1.82) is 0 Å². The lowest BCUT2D eigenvalue weighted by atomic mass is 10.1. The zero-order valence-electron chi connectivity index (χ0n) is 8.14. The smallest absolute Gasteiger partial charge is 0.341 e. The summed E-state index contributed by atoms with van der Waals surface area (Å²) >= 11 is 5.42. The molecule has 0 atom stereocenters. The van der Waals surface area contributed by atoms with Crippen molar-refractivity contribution in [3.8, 4) is 0 Å². The molecular weight excluding hydrogens is 247 g/mol. The Morgan fingerprint density at radius 2 is 2.25 bits per heavy atom. The van der Waals surface area contributed by atoms with E-state index in [9.17, 15) is 18.0 Å². The van der Waals surface area contributed by atoms with Gasteiger partial charge in [0.1, 0.15) is 10.7 Å². The van der Waals surface area contributed by atoms with Gasteiger partial charge in [0.2, 0.25) is 5.95 Å². The second kappa shape index (κ2) is 5.16. The van der Waals surface area contributed by atoms with E-state index in [-0.39, 0.29) is 6.61 Å². The van der Waals surface area contributed by atoms with Crippen LogP contribution in [0.15, 0.2) is 6.07 Å². The largest absolute Gasteiger partial charge is 0.462 e. The van der Waals surface area contributed by atoms with Crippen LogP contribution >= 0.6 is 11.6 Å². The van der Waals surface area contributed by atoms with Gasteiger partial charge in [0, 0.05) is 11.6 Å². The fourth-order valence-electron chi connectivity index (χ4n) is 1.08. The average Bonchev–Trinajstić information content (AvgIpc) is 2.16. The van der Waals surface area contributed by atoms with E-state index in [1.165, 1.54) is 6.92 Å². The summed E-state index contributed by atoms with van der Waals surface area (Å²) in [4.78, 5) is 14.4. The van der Waals surface area contributed by atoms with Crippen LogP contribution in [-0.2, 0) is 4.74 Å². The third kappa shape index (κ3) is 2.63. The van der Waals surface area contributed by atoms with Crippen LogP contribution < -0.4 is 0 Å². The molecule has 0 unspecified atom stereocenters. The number of aromatic nitrogens is 1. The number of pyridine rings is 1. The highest BCUT2D eigenvalue weighted by Crippen LogP contribution is 2.28. The fraction of sp³-hybridized carbons (Fsp3) is 0.333. The van der Waals surface area contributed by atoms with Crippen LogP contribution in [0.1, 0.15) is 29.3 Å². The molecule has 0 aliphatic carbocycles. The Hall–Kier alpha value is -1.30. The molecule has 0 spiro atoms. The van der Waals surface area contributed by atoms with Gasteiger partial charge in [-0.1, -0.05) is 11.6 Å². The first-order valence-corrected chi connectivity index (χ1v) is 4.66. The molecule has 0 amide bonds. The van der Waals surface area contributed by atoms with Crippen molar-refractivity contribution < 1.29 is 22.7 Å². The van der Waals surface area contributed by atoms with Crippen molar-refractivity contribution in [2.75, 3.05) is 6.61 Å². The summed E-state index contributed by atoms with van der Waals surface area (Å²) in [7, 11) is 0. The molecule has 0 aliphatic heterocycles. The summed E-state index contributed by atoms with van der Waals surface area (Å²) < 4.78 is 42.3. The molecule has 0 N–H and O–H groups in total. The van der Waals surface area contributed by atoms with Crippen molar-refractivity contribution in [3.63, 3.8) is 0 Å². The molecule has 88 valence electrons. The highest BCUT2D eigenvalue weighted by atomic mass is 35.5. The Bertz CT molecular complexity index is 412. The first-order chi connectivity index (χ1) is 7.47. The van der Waals surface area contributed by atoms with Crippen LogP contribution in [0.25, 0.3) is 0 Å². The number of hydrogen-bond acceptors (Lipinski definition) is 3. The molecule has 16 heavy (non-hydrogen) atoms. The molecule has 0 saturated carbocycles. The van der Waals surface area contributed by atoms with Crippen LogP contribution in [0, 0.1) is 5.95 Å². The van der Waals surface area contributed by atoms with E-state index in [2.05, 4.69) is 9.72 Å².